The Hall–Kier alpha value is -4.92. The first kappa shape index (κ1) is 28.6. The Morgan fingerprint density at radius 3 is 2.76 bits per heavy atom. The molecule has 1 aliphatic rings. The highest BCUT2D eigenvalue weighted by Gasteiger charge is 2.28. The lowest BCUT2D eigenvalue weighted by Gasteiger charge is -2.33. The van der Waals surface area contributed by atoms with Crippen LogP contribution in [0.15, 0.2) is 61.3 Å². The largest absolute Gasteiger partial charge is 0.490 e. The Balaban J connectivity index is 1.28. The second-order valence-corrected chi connectivity index (χ2v) is 10.0. The van der Waals surface area contributed by atoms with Crippen LogP contribution in [-0.4, -0.2) is 55.2 Å². The number of carbonyl (C=O) groups excluding carboxylic acids is 1. The molecule has 4 aromatic rings. The Kier molecular flexibility index (Phi) is 8.96. The number of ether oxygens (including phenoxy) is 1. The fourth-order valence-electron chi connectivity index (χ4n) is 5.10. The molecule has 5 rings (SSSR count). The Bertz CT molecular complexity index is 1570. The molecular formula is C30H30F2N8O2. The lowest BCUT2D eigenvalue weighted by atomic mass is 9.89. The van der Waals surface area contributed by atoms with Crippen LogP contribution in [-0.2, 0) is 0 Å². The monoisotopic (exact) mass is 572 g/mol. The highest BCUT2D eigenvalue weighted by molar-refractivity contribution is 5.94. The number of nitriles is 1. The molecule has 0 bridgehead atoms. The molecule has 1 saturated heterocycles. The normalized spacial score (nSPS) is 14.3. The van der Waals surface area contributed by atoms with Crippen molar-refractivity contribution in [1.29, 1.82) is 5.26 Å². The number of nitrogens with zero attached hydrogens (tertiary/aromatic N) is 7. The van der Waals surface area contributed by atoms with Crippen molar-refractivity contribution in [3.8, 4) is 23.1 Å². The van der Waals surface area contributed by atoms with Gasteiger partial charge in [-0.3, -0.25) is 14.5 Å². The van der Waals surface area contributed by atoms with Crippen LogP contribution in [0.25, 0.3) is 11.3 Å². The maximum Gasteiger partial charge on any atom is 0.256 e. The van der Waals surface area contributed by atoms with Crippen molar-refractivity contribution in [1.82, 2.24) is 29.6 Å². The number of nitrogens with one attached hydrogen (secondary N) is 1. The van der Waals surface area contributed by atoms with E-state index in [0.717, 1.165) is 23.4 Å². The fourth-order valence-corrected chi connectivity index (χ4v) is 5.10. The second-order valence-electron chi connectivity index (χ2n) is 10.0. The maximum absolute atomic E-state index is 14.1. The molecule has 1 aromatic carbocycles. The van der Waals surface area contributed by atoms with Crippen molar-refractivity contribution in [3.05, 3.63) is 78.5 Å². The van der Waals surface area contributed by atoms with E-state index in [0.29, 0.717) is 56.4 Å². The topological polar surface area (TPSA) is 122 Å². The van der Waals surface area contributed by atoms with Gasteiger partial charge in [0.25, 0.3) is 5.91 Å². The van der Waals surface area contributed by atoms with Crippen LogP contribution < -0.4 is 10.1 Å². The maximum atomic E-state index is 14.1. The van der Waals surface area contributed by atoms with Gasteiger partial charge < -0.3 is 15.0 Å². The molecule has 3 aromatic heterocycles. The number of carbonyl (C=O) groups is 1. The molecule has 10 nitrogen and oxygen atoms in total. The summed E-state index contributed by atoms with van der Waals surface area (Å²) in [5, 5.41) is 17.3. The number of halogens is 2. The second kappa shape index (κ2) is 13.2. The molecule has 4 heterocycles. The third kappa shape index (κ3) is 6.68. The first-order chi connectivity index (χ1) is 20.4. The summed E-state index contributed by atoms with van der Waals surface area (Å²) in [5.74, 6) is -0.884. The first-order valence-corrected chi connectivity index (χ1v) is 13.8. The summed E-state index contributed by atoms with van der Waals surface area (Å²) < 4.78 is 35.0. The predicted octanol–water partition coefficient (Wildman–Crippen LogP) is 5.55. The molecule has 42 heavy (non-hydrogen) atoms. The quantitative estimate of drug-likeness (QED) is 0.262. The summed E-state index contributed by atoms with van der Waals surface area (Å²) >= 11 is 0. The van der Waals surface area contributed by atoms with Gasteiger partial charge in [-0.05, 0) is 56.4 Å². The van der Waals surface area contributed by atoms with Gasteiger partial charge in [-0.2, -0.15) is 10.4 Å². The number of likely N-dealkylation sites (tertiary alicyclic amines) is 1. The van der Waals surface area contributed by atoms with E-state index in [1.807, 2.05) is 25.3 Å². The van der Waals surface area contributed by atoms with Crippen molar-refractivity contribution in [2.75, 3.05) is 25.0 Å². The van der Waals surface area contributed by atoms with E-state index < -0.39 is 17.5 Å². The van der Waals surface area contributed by atoms with Crippen molar-refractivity contribution < 1.29 is 18.3 Å². The lowest BCUT2D eigenvalue weighted by molar-refractivity contribution is 0.0674. The van der Waals surface area contributed by atoms with E-state index in [-0.39, 0.29) is 23.9 Å². The van der Waals surface area contributed by atoms with E-state index in [1.54, 1.807) is 34.4 Å². The van der Waals surface area contributed by atoms with Crippen LogP contribution in [0.2, 0.25) is 0 Å². The molecule has 1 amide bonds. The molecule has 216 valence electrons. The Morgan fingerprint density at radius 1 is 1.21 bits per heavy atom. The Labute approximate surface area is 242 Å². The molecule has 1 aliphatic heterocycles. The zero-order valence-electron chi connectivity index (χ0n) is 23.1. The van der Waals surface area contributed by atoms with Crippen LogP contribution in [0.3, 0.4) is 0 Å². The number of pyridine rings is 1. The number of piperidine rings is 1. The molecule has 1 unspecified atom stereocenters. The van der Waals surface area contributed by atoms with Crippen molar-refractivity contribution in [2.45, 2.75) is 38.6 Å². The van der Waals surface area contributed by atoms with Crippen LogP contribution >= 0.6 is 0 Å². The molecule has 0 saturated carbocycles. The summed E-state index contributed by atoms with van der Waals surface area (Å²) in [6.07, 6.45) is 10.9. The highest BCUT2D eigenvalue weighted by Crippen LogP contribution is 2.33. The number of hydrogen-bond donors (Lipinski definition) is 1. The Morgan fingerprint density at radius 2 is 2.05 bits per heavy atom. The van der Waals surface area contributed by atoms with Gasteiger partial charge in [0, 0.05) is 37.1 Å². The summed E-state index contributed by atoms with van der Waals surface area (Å²) in [4.78, 5) is 27.5. The van der Waals surface area contributed by atoms with Gasteiger partial charge in [0.05, 0.1) is 55.0 Å². The van der Waals surface area contributed by atoms with E-state index in [2.05, 4.69) is 31.4 Å². The van der Waals surface area contributed by atoms with Crippen molar-refractivity contribution in [3.63, 3.8) is 0 Å². The smallest absolute Gasteiger partial charge is 0.256 e. The standard InChI is InChI=1S/C30H30F2N8O2/c1-2-42-27-18-35-30(37-23-4-3-11-34-17-23)38-28(27)21-16-36-40(19-21)24(7-10-33)14-20-8-12-39(13-9-20)29(41)25-6-5-22(31)15-26(25)32/h3-6,11,15-20,24H,2,7-9,12-14H2,1H3,(H,35,37,38). The van der Waals surface area contributed by atoms with Gasteiger partial charge in [0.1, 0.15) is 17.3 Å². The minimum absolute atomic E-state index is 0.129. The minimum Gasteiger partial charge on any atom is -0.490 e. The number of hydrogen-bond acceptors (Lipinski definition) is 8. The summed E-state index contributed by atoms with van der Waals surface area (Å²) in [6.45, 7) is 3.23. The molecule has 0 radical (unpaired) electrons. The van der Waals surface area contributed by atoms with Crippen LogP contribution in [0.1, 0.15) is 49.0 Å². The molecule has 0 spiro atoms. The summed E-state index contributed by atoms with van der Waals surface area (Å²) in [7, 11) is 0. The van der Waals surface area contributed by atoms with Gasteiger partial charge in [-0.1, -0.05) is 0 Å². The zero-order chi connectivity index (χ0) is 29.5. The fraction of sp³-hybridized carbons (Fsp3) is 0.333. The van der Waals surface area contributed by atoms with Crippen molar-refractivity contribution in [2.24, 2.45) is 5.92 Å². The molecule has 1 fully saturated rings. The average molecular weight is 573 g/mol. The molecule has 0 aliphatic carbocycles. The number of rotatable bonds is 10. The molecular weight excluding hydrogens is 542 g/mol. The number of aromatic nitrogens is 5. The number of amides is 1. The van der Waals surface area contributed by atoms with E-state index in [9.17, 15) is 18.8 Å². The lowest BCUT2D eigenvalue weighted by Crippen LogP contribution is -2.39. The van der Waals surface area contributed by atoms with Gasteiger partial charge >= 0.3 is 0 Å². The molecule has 1 N–H and O–H groups in total. The predicted molar refractivity (Wildman–Crippen MR) is 151 cm³/mol. The third-order valence-corrected chi connectivity index (χ3v) is 7.22. The van der Waals surface area contributed by atoms with E-state index in [4.69, 9.17) is 4.74 Å². The zero-order valence-corrected chi connectivity index (χ0v) is 23.1. The molecule has 12 heteroatoms. The molecule has 1 atom stereocenters. The van der Waals surface area contributed by atoms with Gasteiger partial charge in [0.2, 0.25) is 5.95 Å². The summed E-state index contributed by atoms with van der Waals surface area (Å²) in [5.41, 5.74) is 1.91. The van der Waals surface area contributed by atoms with E-state index in [1.165, 1.54) is 6.07 Å². The van der Waals surface area contributed by atoms with Crippen LogP contribution in [0.5, 0.6) is 5.75 Å². The summed E-state index contributed by atoms with van der Waals surface area (Å²) in [6, 6.07) is 8.75. The number of benzene rings is 1. The minimum atomic E-state index is -0.859. The average Bonchev–Trinajstić information content (AvgIpc) is 3.49. The van der Waals surface area contributed by atoms with Gasteiger partial charge in [-0.25, -0.2) is 18.7 Å². The van der Waals surface area contributed by atoms with Crippen LogP contribution in [0, 0.1) is 28.9 Å². The van der Waals surface area contributed by atoms with Gasteiger partial charge in [0.15, 0.2) is 5.75 Å². The van der Waals surface area contributed by atoms with Crippen LogP contribution in [0.4, 0.5) is 20.4 Å². The van der Waals surface area contributed by atoms with Crippen molar-refractivity contribution >= 4 is 17.5 Å². The van der Waals surface area contributed by atoms with Gasteiger partial charge in [-0.15, -0.1) is 0 Å². The van der Waals surface area contributed by atoms with E-state index >= 15 is 0 Å². The SMILES string of the molecule is CCOc1cnc(Nc2cccnc2)nc1-c1cnn(C(CC#N)CC2CCN(C(=O)c3ccc(F)cc3F)CC2)c1. The first-order valence-electron chi connectivity index (χ1n) is 13.8. The third-order valence-electron chi connectivity index (χ3n) is 7.22. The highest BCUT2D eigenvalue weighted by atomic mass is 19.1. The number of anilines is 2.